The largest absolute Gasteiger partial charge is 0.314 e. The van der Waals surface area contributed by atoms with Crippen molar-refractivity contribution in [3.8, 4) is 0 Å². The van der Waals surface area contributed by atoms with Gasteiger partial charge in [-0.05, 0) is 65.7 Å². The normalized spacial score (nSPS) is 29.1. The third-order valence-electron chi connectivity index (χ3n) is 3.76. The Morgan fingerprint density at radius 1 is 1.56 bits per heavy atom. The van der Waals surface area contributed by atoms with Crippen LogP contribution in [0.15, 0.2) is 9.85 Å². The molecule has 1 N–H and O–H groups in total. The van der Waals surface area contributed by atoms with Gasteiger partial charge in [0, 0.05) is 10.9 Å². The van der Waals surface area contributed by atoms with Gasteiger partial charge < -0.3 is 5.32 Å². The van der Waals surface area contributed by atoms with Crippen molar-refractivity contribution < 1.29 is 0 Å². The van der Waals surface area contributed by atoms with Crippen LogP contribution in [0.2, 0.25) is 0 Å². The summed E-state index contributed by atoms with van der Waals surface area (Å²) in [6.45, 7) is 8.01. The summed E-state index contributed by atoms with van der Waals surface area (Å²) < 4.78 is 1.28. The first kappa shape index (κ1) is 12.6. The van der Waals surface area contributed by atoms with E-state index in [9.17, 15) is 0 Å². The SMILES string of the molecule is CCCNC1CC(c2cc(Br)sc2C)C1C. The maximum atomic E-state index is 3.64. The van der Waals surface area contributed by atoms with Gasteiger partial charge in [-0.15, -0.1) is 11.3 Å². The molecule has 1 fully saturated rings. The molecule has 1 aromatic heterocycles. The molecule has 1 aromatic rings. The summed E-state index contributed by atoms with van der Waals surface area (Å²) in [5.41, 5.74) is 1.57. The topological polar surface area (TPSA) is 12.0 Å². The molecule has 1 aliphatic carbocycles. The Bertz CT molecular complexity index is 361. The van der Waals surface area contributed by atoms with Crippen LogP contribution >= 0.6 is 27.3 Å². The fraction of sp³-hybridized carbons (Fsp3) is 0.692. The van der Waals surface area contributed by atoms with E-state index in [0.717, 1.165) is 24.4 Å². The van der Waals surface area contributed by atoms with Crippen LogP contribution in [0.3, 0.4) is 0 Å². The van der Waals surface area contributed by atoms with Crippen molar-refractivity contribution in [2.24, 2.45) is 5.92 Å². The lowest BCUT2D eigenvalue weighted by atomic mass is 9.67. The minimum Gasteiger partial charge on any atom is -0.314 e. The van der Waals surface area contributed by atoms with Crippen molar-refractivity contribution in [3.05, 3.63) is 20.3 Å². The summed E-state index contributed by atoms with van der Waals surface area (Å²) in [5.74, 6) is 1.56. The molecule has 1 heterocycles. The molecule has 1 nitrogen and oxygen atoms in total. The highest BCUT2D eigenvalue weighted by molar-refractivity contribution is 9.11. The van der Waals surface area contributed by atoms with Crippen molar-refractivity contribution >= 4 is 27.3 Å². The van der Waals surface area contributed by atoms with Crippen LogP contribution in [0.1, 0.15) is 43.0 Å². The van der Waals surface area contributed by atoms with Crippen LogP contribution in [-0.2, 0) is 0 Å². The molecule has 0 amide bonds. The minimum atomic E-state index is 0.739. The highest BCUT2D eigenvalue weighted by Gasteiger charge is 2.39. The molecule has 16 heavy (non-hydrogen) atoms. The number of thiophene rings is 1. The fourth-order valence-electron chi connectivity index (χ4n) is 2.62. The quantitative estimate of drug-likeness (QED) is 0.874. The molecule has 90 valence electrons. The van der Waals surface area contributed by atoms with E-state index in [1.54, 1.807) is 5.56 Å². The number of aryl methyl sites for hydroxylation is 1. The number of rotatable bonds is 4. The molecular formula is C13H20BrNS. The summed E-state index contributed by atoms with van der Waals surface area (Å²) in [4.78, 5) is 1.48. The maximum Gasteiger partial charge on any atom is 0.0704 e. The molecule has 0 bridgehead atoms. The van der Waals surface area contributed by atoms with Gasteiger partial charge in [0.2, 0.25) is 0 Å². The van der Waals surface area contributed by atoms with Gasteiger partial charge in [0.1, 0.15) is 0 Å². The summed E-state index contributed by atoms with van der Waals surface area (Å²) in [7, 11) is 0. The molecular weight excluding hydrogens is 282 g/mol. The number of halogens is 1. The molecule has 0 aliphatic heterocycles. The van der Waals surface area contributed by atoms with Crippen molar-refractivity contribution in [1.82, 2.24) is 5.32 Å². The van der Waals surface area contributed by atoms with Gasteiger partial charge in [0.15, 0.2) is 0 Å². The second-order valence-corrected chi connectivity index (χ2v) is 7.46. The molecule has 1 aliphatic rings. The van der Waals surface area contributed by atoms with E-state index in [-0.39, 0.29) is 0 Å². The lowest BCUT2D eigenvalue weighted by molar-refractivity contribution is 0.185. The van der Waals surface area contributed by atoms with Gasteiger partial charge in [0.05, 0.1) is 3.79 Å². The van der Waals surface area contributed by atoms with Crippen molar-refractivity contribution in [3.63, 3.8) is 0 Å². The number of nitrogens with one attached hydrogen (secondary N) is 1. The third kappa shape index (κ3) is 2.36. The Balaban J connectivity index is 1.97. The summed E-state index contributed by atoms with van der Waals surface area (Å²) in [6.07, 6.45) is 2.54. The second kappa shape index (κ2) is 5.19. The van der Waals surface area contributed by atoms with Crippen LogP contribution in [0.25, 0.3) is 0 Å². The number of hydrogen-bond acceptors (Lipinski definition) is 2. The van der Waals surface area contributed by atoms with Gasteiger partial charge in [-0.25, -0.2) is 0 Å². The molecule has 0 radical (unpaired) electrons. The molecule has 1 saturated carbocycles. The lowest BCUT2D eigenvalue weighted by Crippen LogP contribution is -2.48. The number of hydrogen-bond donors (Lipinski definition) is 1. The van der Waals surface area contributed by atoms with E-state index in [2.05, 4.69) is 48.1 Å². The Morgan fingerprint density at radius 3 is 2.81 bits per heavy atom. The van der Waals surface area contributed by atoms with Crippen molar-refractivity contribution in [1.29, 1.82) is 0 Å². The van der Waals surface area contributed by atoms with Crippen LogP contribution < -0.4 is 5.32 Å². The third-order valence-corrected chi connectivity index (χ3v) is 5.33. The van der Waals surface area contributed by atoms with Gasteiger partial charge in [-0.3, -0.25) is 0 Å². The van der Waals surface area contributed by atoms with E-state index in [1.165, 1.54) is 21.5 Å². The van der Waals surface area contributed by atoms with Crippen LogP contribution in [0.5, 0.6) is 0 Å². The molecule has 0 spiro atoms. The highest BCUT2D eigenvalue weighted by Crippen LogP contribution is 2.46. The minimum absolute atomic E-state index is 0.739. The van der Waals surface area contributed by atoms with Gasteiger partial charge >= 0.3 is 0 Å². The van der Waals surface area contributed by atoms with Gasteiger partial charge in [-0.1, -0.05) is 13.8 Å². The lowest BCUT2D eigenvalue weighted by Gasteiger charge is -2.43. The average molecular weight is 302 g/mol. The fourth-order valence-corrected chi connectivity index (χ4v) is 4.40. The first-order chi connectivity index (χ1) is 7.63. The van der Waals surface area contributed by atoms with E-state index >= 15 is 0 Å². The van der Waals surface area contributed by atoms with E-state index in [0.29, 0.717) is 0 Å². The van der Waals surface area contributed by atoms with Crippen LogP contribution in [-0.4, -0.2) is 12.6 Å². The van der Waals surface area contributed by atoms with Crippen molar-refractivity contribution in [2.45, 2.75) is 45.6 Å². The summed E-state index contributed by atoms with van der Waals surface area (Å²) in [6, 6.07) is 3.06. The zero-order valence-corrected chi connectivity index (χ0v) is 12.6. The smallest absolute Gasteiger partial charge is 0.0704 e. The average Bonchev–Trinajstić information content (AvgIpc) is 2.56. The Hall–Kier alpha value is 0.140. The summed E-state index contributed by atoms with van der Waals surface area (Å²) >= 11 is 5.45. The van der Waals surface area contributed by atoms with E-state index in [1.807, 2.05) is 11.3 Å². The van der Waals surface area contributed by atoms with Gasteiger partial charge in [-0.2, -0.15) is 0 Å². The highest BCUT2D eigenvalue weighted by atomic mass is 79.9. The van der Waals surface area contributed by atoms with Crippen LogP contribution in [0.4, 0.5) is 0 Å². The molecule has 3 unspecified atom stereocenters. The molecule has 0 aromatic carbocycles. The molecule has 0 saturated heterocycles. The first-order valence-electron chi connectivity index (χ1n) is 6.12. The molecule has 3 atom stereocenters. The van der Waals surface area contributed by atoms with Crippen molar-refractivity contribution in [2.75, 3.05) is 6.54 Å². The zero-order valence-electron chi connectivity index (χ0n) is 10.2. The van der Waals surface area contributed by atoms with E-state index in [4.69, 9.17) is 0 Å². The predicted molar refractivity (Wildman–Crippen MR) is 75.4 cm³/mol. The van der Waals surface area contributed by atoms with Crippen LogP contribution in [0, 0.1) is 12.8 Å². The zero-order chi connectivity index (χ0) is 11.7. The summed E-state index contributed by atoms with van der Waals surface area (Å²) in [5, 5.41) is 3.64. The Kier molecular flexibility index (Phi) is 4.09. The standard InChI is InChI=1S/C13H20BrNS/c1-4-5-15-12-6-10(8(12)2)11-7-13(14)16-9(11)3/h7-8,10,12,15H,4-6H2,1-3H3. The molecule has 3 heteroatoms. The monoisotopic (exact) mass is 301 g/mol. The Labute approximate surface area is 111 Å². The predicted octanol–water partition coefficient (Wildman–Crippen LogP) is 4.31. The van der Waals surface area contributed by atoms with Gasteiger partial charge in [0.25, 0.3) is 0 Å². The first-order valence-corrected chi connectivity index (χ1v) is 7.73. The second-order valence-electron chi connectivity index (χ2n) is 4.82. The Morgan fingerprint density at radius 2 is 2.31 bits per heavy atom. The van der Waals surface area contributed by atoms with E-state index < -0.39 is 0 Å². The molecule has 2 rings (SSSR count). The maximum absolute atomic E-state index is 3.64.